The van der Waals surface area contributed by atoms with Gasteiger partial charge < -0.3 is 4.74 Å². The lowest BCUT2D eigenvalue weighted by Crippen LogP contribution is -2.16. The molecule has 0 aliphatic rings. The number of ether oxygens (including phenoxy) is 1. The molecule has 0 amide bonds. The summed E-state index contributed by atoms with van der Waals surface area (Å²) < 4.78 is 6.18. The Morgan fingerprint density at radius 2 is 1.23 bits per heavy atom. The highest BCUT2D eigenvalue weighted by molar-refractivity contribution is 5.44. The number of hydrogen-bond donors (Lipinski definition) is 0. The average Bonchev–Trinajstić information content (AvgIpc) is 2.39. The summed E-state index contributed by atoms with van der Waals surface area (Å²) in [5, 5.41) is 0. The van der Waals surface area contributed by atoms with Crippen molar-refractivity contribution in [3.63, 3.8) is 0 Å². The van der Waals surface area contributed by atoms with Gasteiger partial charge in [0, 0.05) is 0 Å². The fourth-order valence-electron chi connectivity index (χ4n) is 2.32. The molecule has 0 unspecified atom stereocenters. The van der Waals surface area contributed by atoms with Crippen LogP contribution in [0.1, 0.15) is 58.2 Å². The van der Waals surface area contributed by atoms with Crippen molar-refractivity contribution in [1.29, 1.82) is 0 Å². The fraction of sp³-hybridized carbons (Fsp3) is 0.429. The van der Waals surface area contributed by atoms with Crippen LogP contribution in [0.3, 0.4) is 0 Å². The van der Waals surface area contributed by atoms with Gasteiger partial charge in [0.2, 0.25) is 0 Å². The summed E-state index contributed by atoms with van der Waals surface area (Å²) in [6.07, 6.45) is 0. The first kappa shape index (κ1) is 16.6. The number of benzene rings is 2. The summed E-state index contributed by atoms with van der Waals surface area (Å²) in [7, 11) is 0. The summed E-state index contributed by atoms with van der Waals surface area (Å²) in [4.78, 5) is 0. The summed E-state index contributed by atoms with van der Waals surface area (Å²) in [5.74, 6) is 1.85. The number of rotatable bonds is 2. The lowest BCUT2D eigenvalue weighted by molar-refractivity contribution is 0.470. The third-order valence-electron chi connectivity index (χ3n) is 3.96. The first-order valence-corrected chi connectivity index (χ1v) is 7.97. The maximum absolute atomic E-state index is 6.18. The number of hydrogen-bond acceptors (Lipinski definition) is 1. The molecule has 1 nitrogen and oxygen atoms in total. The summed E-state index contributed by atoms with van der Waals surface area (Å²) in [6, 6.07) is 14.8. The van der Waals surface area contributed by atoms with Gasteiger partial charge >= 0.3 is 0 Å². The summed E-state index contributed by atoms with van der Waals surface area (Å²) in [6.45, 7) is 15.5. The molecule has 2 aromatic rings. The largest absolute Gasteiger partial charge is 0.457 e. The van der Waals surface area contributed by atoms with E-state index in [2.05, 4.69) is 72.7 Å². The standard InChI is InChI=1S/C21H28O/c1-15-10-8-9-11-19(15)22-18-13-16(20(2,3)4)12-17(14-18)21(5,6)7/h8-14H,1-7H3. The Bertz CT molecular complexity index is 622. The van der Waals surface area contributed by atoms with E-state index in [1.165, 1.54) is 11.1 Å². The molecule has 2 rings (SSSR count). The molecule has 1 heteroatoms. The molecule has 0 fully saturated rings. The van der Waals surface area contributed by atoms with E-state index in [9.17, 15) is 0 Å². The minimum Gasteiger partial charge on any atom is -0.457 e. The second kappa shape index (κ2) is 5.79. The number of aryl methyl sites for hydroxylation is 1. The minimum atomic E-state index is 0.102. The van der Waals surface area contributed by atoms with Crippen LogP contribution in [-0.2, 0) is 10.8 Å². The van der Waals surface area contributed by atoms with Gasteiger partial charge in [0.1, 0.15) is 11.5 Å². The predicted molar refractivity (Wildman–Crippen MR) is 95.1 cm³/mol. The third kappa shape index (κ3) is 3.91. The highest BCUT2D eigenvalue weighted by Gasteiger charge is 2.21. The molecule has 2 aromatic carbocycles. The highest BCUT2D eigenvalue weighted by atomic mass is 16.5. The first-order valence-electron chi connectivity index (χ1n) is 7.97. The van der Waals surface area contributed by atoms with Gasteiger partial charge in [0.25, 0.3) is 0 Å². The molecule has 118 valence electrons. The van der Waals surface area contributed by atoms with Crippen molar-refractivity contribution in [1.82, 2.24) is 0 Å². The van der Waals surface area contributed by atoms with Crippen molar-refractivity contribution in [2.24, 2.45) is 0 Å². The Kier molecular flexibility index (Phi) is 4.37. The van der Waals surface area contributed by atoms with E-state index in [-0.39, 0.29) is 10.8 Å². The first-order chi connectivity index (χ1) is 10.1. The summed E-state index contributed by atoms with van der Waals surface area (Å²) >= 11 is 0. The van der Waals surface area contributed by atoms with Crippen LogP contribution in [0.25, 0.3) is 0 Å². The molecule has 0 saturated heterocycles. The van der Waals surface area contributed by atoms with Crippen molar-refractivity contribution >= 4 is 0 Å². The van der Waals surface area contributed by atoms with Crippen LogP contribution < -0.4 is 4.74 Å². The lowest BCUT2D eigenvalue weighted by Gasteiger charge is -2.26. The molecule has 0 saturated carbocycles. The van der Waals surface area contributed by atoms with Gasteiger partial charge in [0.15, 0.2) is 0 Å². The topological polar surface area (TPSA) is 9.23 Å². The van der Waals surface area contributed by atoms with Crippen molar-refractivity contribution in [3.05, 3.63) is 59.2 Å². The van der Waals surface area contributed by atoms with E-state index in [0.29, 0.717) is 0 Å². The maximum atomic E-state index is 6.18. The van der Waals surface area contributed by atoms with E-state index in [1.807, 2.05) is 18.2 Å². The monoisotopic (exact) mass is 296 g/mol. The van der Waals surface area contributed by atoms with E-state index in [1.54, 1.807) is 0 Å². The fourth-order valence-corrected chi connectivity index (χ4v) is 2.32. The SMILES string of the molecule is Cc1ccccc1Oc1cc(C(C)(C)C)cc(C(C)(C)C)c1. The maximum Gasteiger partial charge on any atom is 0.130 e. The van der Waals surface area contributed by atoms with E-state index in [4.69, 9.17) is 4.74 Å². The molecular weight excluding hydrogens is 268 g/mol. The van der Waals surface area contributed by atoms with Crippen molar-refractivity contribution in [2.45, 2.75) is 59.3 Å². The Labute approximate surface area is 135 Å². The normalized spacial score (nSPS) is 12.3. The lowest BCUT2D eigenvalue weighted by atomic mass is 9.80. The minimum absolute atomic E-state index is 0.102. The molecular formula is C21H28O. The van der Waals surface area contributed by atoms with E-state index in [0.717, 1.165) is 17.1 Å². The molecule has 0 atom stereocenters. The van der Waals surface area contributed by atoms with Crippen LogP contribution in [0.15, 0.2) is 42.5 Å². The predicted octanol–water partition coefficient (Wildman–Crippen LogP) is 6.38. The second-order valence-electron chi connectivity index (χ2n) is 8.11. The smallest absolute Gasteiger partial charge is 0.130 e. The van der Waals surface area contributed by atoms with Gasteiger partial charge in [0.05, 0.1) is 0 Å². The molecule has 0 bridgehead atoms. The van der Waals surface area contributed by atoms with Gasteiger partial charge in [-0.15, -0.1) is 0 Å². The summed E-state index contributed by atoms with van der Waals surface area (Å²) in [5.41, 5.74) is 3.98. The second-order valence-corrected chi connectivity index (χ2v) is 8.11. The van der Waals surface area contributed by atoms with Crippen molar-refractivity contribution in [3.8, 4) is 11.5 Å². The van der Waals surface area contributed by atoms with Gasteiger partial charge in [-0.3, -0.25) is 0 Å². The van der Waals surface area contributed by atoms with Crippen LogP contribution in [0, 0.1) is 6.92 Å². The average molecular weight is 296 g/mol. The Morgan fingerprint density at radius 1 is 0.727 bits per heavy atom. The van der Waals surface area contributed by atoms with Crippen LogP contribution in [0.4, 0.5) is 0 Å². The quantitative estimate of drug-likeness (QED) is 0.624. The number of para-hydroxylation sites is 1. The molecule has 22 heavy (non-hydrogen) atoms. The zero-order valence-corrected chi connectivity index (χ0v) is 14.9. The van der Waals surface area contributed by atoms with E-state index < -0.39 is 0 Å². The molecule has 0 heterocycles. The van der Waals surface area contributed by atoms with Gasteiger partial charge in [-0.05, 0) is 52.6 Å². The van der Waals surface area contributed by atoms with Crippen molar-refractivity contribution < 1.29 is 4.74 Å². The van der Waals surface area contributed by atoms with Crippen LogP contribution >= 0.6 is 0 Å². The van der Waals surface area contributed by atoms with Gasteiger partial charge in [-0.2, -0.15) is 0 Å². The Hall–Kier alpha value is -1.76. The van der Waals surface area contributed by atoms with Crippen LogP contribution in [0.2, 0.25) is 0 Å². The van der Waals surface area contributed by atoms with E-state index >= 15 is 0 Å². The molecule has 0 radical (unpaired) electrons. The molecule has 0 aliphatic carbocycles. The van der Waals surface area contributed by atoms with Crippen LogP contribution in [0.5, 0.6) is 11.5 Å². The van der Waals surface area contributed by atoms with Gasteiger partial charge in [-0.1, -0.05) is 65.8 Å². The van der Waals surface area contributed by atoms with Crippen molar-refractivity contribution in [2.75, 3.05) is 0 Å². The zero-order valence-electron chi connectivity index (χ0n) is 14.9. The molecule has 0 N–H and O–H groups in total. The molecule has 0 aliphatic heterocycles. The molecule has 0 aromatic heterocycles. The van der Waals surface area contributed by atoms with Crippen LogP contribution in [-0.4, -0.2) is 0 Å². The Morgan fingerprint density at radius 3 is 1.68 bits per heavy atom. The van der Waals surface area contributed by atoms with Gasteiger partial charge in [-0.25, -0.2) is 0 Å². The third-order valence-corrected chi connectivity index (χ3v) is 3.96. The molecule has 0 spiro atoms. The highest BCUT2D eigenvalue weighted by Crippen LogP contribution is 2.35. The zero-order chi connectivity index (χ0) is 16.5. The Balaban J connectivity index is 2.49.